The van der Waals surface area contributed by atoms with E-state index in [0.717, 1.165) is 32.4 Å². The summed E-state index contributed by atoms with van der Waals surface area (Å²) in [6.45, 7) is 7.30. The average Bonchev–Trinajstić information content (AvgIpc) is 2.56. The summed E-state index contributed by atoms with van der Waals surface area (Å²) in [5.74, 6) is 0.111. The molecule has 1 amide bonds. The van der Waals surface area contributed by atoms with Gasteiger partial charge in [0.2, 0.25) is 5.91 Å². The minimum absolute atomic E-state index is 0.111. The third-order valence-corrected chi connectivity index (χ3v) is 4.02. The van der Waals surface area contributed by atoms with Crippen molar-refractivity contribution in [2.75, 3.05) is 26.4 Å². The number of carbonyl (C=O) groups is 1. The maximum absolute atomic E-state index is 11.8. The van der Waals surface area contributed by atoms with E-state index >= 15 is 0 Å². The van der Waals surface area contributed by atoms with Crippen LogP contribution in [-0.2, 0) is 4.79 Å². The first-order valence-corrected chi connectivity index (χ1v) is 9.49. The van der Waals surface area contributed by atoms with Gasteiger partial charge >= 0.3 is 0 Å². The first-order valence-electron chi connectivity index (χ1n) is 9.49. The zero-order chi connectivity index (χ0) is 17.2. The summed E-state index contributed by atoms with van der Waals surface area (Å²) in [6.07, 6.45) is 15.0. The monoisotopic (exact) mass is 326 g/mol. The molecule has 0 aromatic heterocycles. The lowest BCUT2D eigenvalue weighted by Crippen LogP contribution is -2.37. The van der Waals surface area contributed by atoms with E-state index < -0.39 is 0 Å². The Hall–Kier alpha value is -0.870. The van der Waals surface area contributed by atoms with Crippen molar-refractivity contribution in [3.8, 4) is 0 Å². The van der Waals surface area contributed by atoms with Gasteiger partial charge in [-0.05, 0) is 32.4 Å². The first-order chi connectivity index (χ1) is 11.2. The summed E-state index contributed by atoms with van der Waals surface area (Å²) in [5.41, 5.74) is 0. The van der Waals surface area contributed by atoms with E-state index in [1.54, 1.807) is 0 Å². The molecule has 0 unspecified atom stereocenters. The molecule has 0 heterocycles. The van der Waals surface area contributed by atoms with Gasteiger partial charge in [-0.25, -0.2) is 0 Å². The third-order valence-electron chi connectivity index (χ3n) is 4.02. The Labute approximate surface area is 143 Å². The Morgan fingerprint density at radius 1 is 1.00 bits per heavy atom. The normalized spacial score (nSPS) is 11.5. The summed E-state index contributed by atoms with van der Waals surface area (Å²) >= 11 is 0. The van der Waals surface area contributed by atoms with Gasteiger partial charge in [0.25, 0.3) is 0 Å². The molecule has 2 N–H and O–H groups in total. The molecule has 0 aliphatic heterocycles. The molecule has 0 radical (unpaired) electrons. The van der Waals surface area contributed by atoms with Crippen molar-refractivity contribution in [3.05, 3.63) is 12.2 Å². The Morgan fingerprint density at radius 2 is 1.70 bits per heavy atom. The minimum Gasteiger partial charge on any atom is -0.396 e. The highest BCUT2D eigenvalue weighted by Gasteiger charge is 2.04. The molecular formula is C19H38N2O2. The van der Waals surface area contributed by atoms with Crippen molar-refractivity contribution in [3.63, 3.8) is 0 Å². The molecule has 4 heteroatoms. The second-order valence-electron chi connectivity index (χ2n) is 6.13. The maximum atomic E-state index is 11.8. The van der Waals surface area contributed by atoms with Gasteiger partial charge in [0.05, 0.1) is 6.67 Å². The van der Waals surface area contributed by atoms with E-state index in [-0.39, 0.29) is 5.91 Å². The summed E-state index contributed by atoms with van der Waals surface area (Å²) in [4.78, 5) is 14.0. The predicted octanol–water partition coefficient (Wildman–Crippen LogP) is 3.85. The van der Waals surface area contributed by atoms with Crippen LogP contribution >= 0.6 is 0 Å². The van der Waals surface area contributed by atoms with Crippen molar-refractivity contribution in [1.29, 1.82) is 0 Å². The Kier molecular flexibility index (Phi) is 16.8. The van der Waals surface area contributed by atoms with Crippen LogP contribution in [0.1, 0.15) is 78.1 Å². The van der Waals surface area contributed by atoms with Gasteiger partial charge in [0.1, 0.15) is 0 Å². The van der Waals surface area contributed by atoms with Crippen molar-refractivity contribution >= 4 is 5.91 Å². The molecular weight excluding hydrogens is 288 g/mol. The molecule has 0 aliphatic rings. The lowest BCUT2D eigenvalue weighted by Gasteiger charge is -2.20. The third kappa shape index (κ3) is 15.8. The molecule has 23 heavy (non-hydrogen) atoms. The van der Waals surface area contributed by atoms with Crippen LogP contribution in [0.25, 0.3) is 0 Å². The van der Waals surface area contributed by atoms with Gasteiger partial charge in [-0.1, -0.05) is 64.5 Å². The van der Waals surface area contributed by atoms with Crippen LogP contribution in [0.2, 0.25) is 0 Å². The van der Waals surface area contributed by atoms with Crippen molar-refractivity contribution < 1.29 is 9.90 Å². The lowest BCUT2D eigenvalue weighted by atomic mass is 10.1. The van der Waals surface area contributed by atoms with Gasteiger partial charge in [-0.2, -0.15) is 0 Å². The molecule has 0 bridgehead atoms. The maximum Gasteiger partial charge on any atom is 0.224 e. The Balaban J connectivity index is 3.60. The van der Waals surface area contributed by atoms with Crippen LogP contribution in [-0.4, -0.2) is 42.3 Å². The summed E-state index contributed by atoms with van der Waals surface area (Å²) in [5, 5.41) is 11.7. The Bertz CT molecular complexity index is 293. The molecule has 0 saturated heterocycles. The van der Waals surface area contributed by atoms with E-state index in [1.165, 1.54) is 38.5 Å². The highest BCUT2D eigenvalue weighted by molar-refractivity contribution is 5.77. The van der Waals surface area contributed by atoms with E-state index in [1.807, 2.05) is 6.08 Å². The molecule has 0 rings (SSSR count). The number of amides is 1. The van der Waals surface area contributed by atoms with Gasteiger partial charge in [0.15, 0.2) is 0 Å². The highest BCUT2D eigenvalue weighted by atomic mass is 16.2. The number of nitrogens with one attached hydrogen (secondary N) is 1. The molecule has 4 nitrogen and oxygen atoms in total. The number of allylic oxidation sites excluding steroid dienone is 1. The molecule has 0 fully saturated rings. The van der Waals surface area contributed by atoms with Crippen molar-refractivity contribution in [2.45, 2.75) is 78.1 Å². The first kappa shape index (κ1) is 22.1. The van der Waals surface area contributed by atoms with Gasteiger partial charge in [0, 0.05) is 13.0 Å². The number of hydrogen-bond donors (Lipinski definition) is 2. The Morgan fingerprint density at radius 3 is 2.35 bits per heavy atom. The average molecular weight is 327 g/mol. The standard InChI is InChI=1S/C19H38N2O2/c1-3-5-6-9-12-15-19(23)20-18-21(4-2)16-13-10-7-8-11-14-17-22/h9,12,22H,3-8,10-11,13-18H2,1-2H3,(H,20,23)/b12-9+. The molecule has 0 spiro atoms. The number of nitrogens with zero attached hydrogens (tertiary/aromatic N) is 1. The van der Waals surface area contributed by atoms with Crippen LogP contribution in [0.3, 0.4) is 0 Å². The van der Waals surface area contributed by atoms with Gasteiger partial charge in [-0.15, -0.1) is 0 Å². The number of carbonyl (C=O) groups excluding carboxylic acids is 1. The molecule has 0 aliphatic carbocycles. The largest absolute Gasteiger partial charge is 0.396 e. The second kappa shape index (κ2) is 17.5. The molecule has 0 aromatic carbocycles. The summed E-state index contributed by atoms with van der Waals surface area (Å²) < 4.78 is 0. The number of hydrogen-bond acceptors (Lipinski definition) is 3. The SMILES string of the molecule is CCCC/C=C/CC(=O)NCN(CC)CCCCCCCCO. The van der Waals surface area contributed by atoms with Crippen LogP contribution in [0.5, 0.6) is 0 Å². The van der Waals surface area contributed by atoms with E-state index in [9.17, 15) is 4.79 Å². The number of rotatable bonds is 16. The van der Waals surface area contributed by atoms with E-state index in [4.69, 9.17) is 5.11 Å². The zero-order valence-corrected chi connectivity index (χ0v) is 15.4. The number of aliphatic hydroxyl groups is 1. The van der Waals surface area contributed by atoms with Crippen LogP contribution in [0.15, 0.2) is 12.2 Å². The second-order valence-corrected chi connectivity index (χ2v) is 6.13. The molecule has 0 atom stereocenters. The number of unbranched alkanes of at least 4 members (excludes halogenated alkanes) is 7. The molecule has 0 aromatic rings. The smallest absolute Gasteiger partial charge is 0.224 e. The molecule has 136 valence electrons. The predicted molar refractivity (Wildman–Crippen MR) is 98.3 cm³/mol. The summed E-state index contributed by atoms with van der Waals surface area (Å²) in [6, 6.07) is 0. The van der Waals surface area contributed by atoms with Crippen molar-refractivity contribution in [2.24, 2.45) is 0 Å². The fourth-order valence-corrected chi connectivity index (χ4v) is 2.41. The zero-order valence-electron chi connectivity index (χ0n) is 15.4. The highest BCUT2D eigenvalue weighted by Crippen LogP contribution is 2.05. The topological polar surface area (TPSA) is 52.6 Å². The van der Waals surface area contributed by atoms with Crippen LogP contribution in [0.4, 0.5) is 0 Å². The minimum atomic E-state index is 0.111. The van der Waals surface area contributed by atoms with Gasteiger partial charge < -0.3 is 10.4 Å². The van der Waals surface area contributed by atoms with Gasteiger partial charge in [-0.3, -0.25) is 9.69 Å². The van der Waals surface area contributed by atoms with E-state index in [0.29, 0.717) is 19.7 Å². The van der Waals surface area contributed by atoms with Crippen LogP contribution in [0, 0.1) is 0 Å². The fourth-order valence-electron chi connectivity index (χ4n) is 2.41. The van der Waals surface area contributed by atoms with Crippen molar-refractivity contribution in [1.82, 2.24) is 10.2 Å². The van der Waals surface area contributed by atoms with Crippen LogP contribution < -0.4 is 5.32 Å². The van der Waals surface area contributed by atoms with E-state index in [2.05, 4.69) is 30.1 Å². The quantitative estimate of drug-likeness (QED) is 0.257. The summed E-state index contributed by atoms with van der Waals surface area (Å²) in [7, 11) is 0. The number of aliphatic hydroxyl groups excluding tert-OH is 1. The fraction of sp³-hybridized carbons (Fsp3) is 0.842. The lowest BCUT2D eigenvalue weighted by molar-refractivity contribution is -0.120. The molecule has 0 saturated carbocycles.